The van der Waals surface area contributed by atoms with Crippen LogP contribution >= 0.6 is 0 Å². The van der Waals surface area contributed by atoms with Gasteiger partial charge in [0, 0.05) is 25.0 Å². The molecule has 2 heteroatoms. The number of carbonyl (C=O) groups excluding carboxylic acids is 1. The molecule has 0 aromatic carbocycles. The van der Waals surface area contributed by atoms with Crippen LogP contribution in [0.2, 0.25) is 0 Å². The Balaban J connectivity index is 2.43. The van der Waals surface area contributed by atoms with E-state index in [1.165, 1.54) is 0 Å². The van der Waals surface area contributed by atoms with Gasteiger partial charge in [0.15, 0.2) is 0 Å². The van der Waals surface area contributed by atoms with Gasteiger partial charge in [0.05, 0.1) is 0 Å². The van der Waals surface area contributed by atoms with Crippen LogP contribution in [0.25, 0.3) is 0 Å². The summed E-state index contributed by atoms with van der Waals surface area (Å²) in [4.78, 5) is 11.7. The average Bonchev–Trinajstić information content (AvgIpc) is 2.80. The van der Waals surface area contributed by atoms with Gasteiger partial charge in [0.1, 0.15) is 5.78 Å². The summed E-state index contributed by atoms with van der Waals surface area (Å²) in [6.45, 7) is 4.68. The Bertz CT molecular complexity index is 169. The number of carbonyl (C=O) groups is 1. The average molecular weight is 170 g/mol. The van der Waals surface area contributed by atoms with Crippen molar-refractivity contribution in [2.45, 2.75) is 33.1 Å². The molecule has 0 bridgehead atoms. The highest BCUT2D eigenvalue weighted by molar-refractivity contribution is 5.88. The van der Waals surface area contributed by atoms with Gasteiger partial charge in [-0.1, -0.05) is 13.8 Å². The molecule has 0 aromatic heterocycles. The standard InChI is InChI=1S/C10H18O2/c1-8(2)9(11)10(4-5-10)6-7-12-3/h8H,4-7H2,1-3H3. The first-order valence-corrected chi connectivity index (χ1v) is 4.66. The SMILES string of the molecule is COCCC1(C(=O)C(C)C)CC1. The summed E-state index contributed by atoms with van der Waals surface area (Å²) in [7, 11) is 1.69. The molecule has 0 radical (unpaired) electrons. The molecule has 1 rings (SSSR count). The molecule has 0 heterocycles. The fourth-order valence-electron chi connectivity index (χ4n) is 1.68. The van der Waals surface area contributed by atoms with Crippen molar-refractivity contribution in [2.75, 3.05) is 13.7 Å². The van der Waals surface area contributed by atoms with E-state index in [2.05, 4.69) is 0 Å². The van der Waals surface area contributed by atoms with Crippen LogP contribution in [0, 0.1) is 11.3 Å². The molecule has 0 aliphatic heterocycles. The number of hydrogen-bond donors (Lipinski definition) is 0. The predicted octanol–water partition coefficient (Wildman–Crippen LogP) is 2.03. The Morgan fingerprint density at radius 3 is 2.42 bits per heavy atom. The molecule has 1 saturated carbocycles. The lowest BCUT2D eigenvalue weighted by molar-refractivity contribution is -0.127. The lowest BCUT2D eigenvalue weighted by atomic mass is 9.90. The van der Waals surface area contributed by atoms with E-state index < -0.39 is 0 Å². The fraction of sp³-hybridized carbons (Fsp3) is 0.900. The number of hydrogen-bond acceptors (Lipinski definition) is 2. The van der Waals surface area contributed by atoms with E-state index in [-0.39, 0.29) is 11.3 Å². The minimum atomic E-state index is 0.0180. The minimum Gasteiger partial charge on any atom is -0.385 e. The van der Waals surface area contributed by atoms with Crippen molar-refractivity contribution >= 4 is 5.78 Å². The Kier molecular flexibility index (Phi) is 2.89. The van der Waals surface area contributed by atoms with Gasteiger partial charge in [-0.05, 0) is 19.3 Å². The summed E-state index contributed by atoms with van der Waals surface area (Å²) < 4.78 is 5.00. The Hall–Kier alpha value is -0.370. The molecule has 12 heavy (non-hydrogen) atoms. The van der Waals surface area contributed by atoms with Crippen molar-refractivity contribution in [1.29, 1.82) is 0 Å². The zero-order valence-corrected chi connectivity index (χ0v) is 8.22. The first-order chi connectivity index (χ1) is 5.62. The molecule has 2 nitrogen and oxygen atoms in total. The van der Waals surface area contributed by atoms with Crippen LogP contribution in [0.15, 0.2) is 0 Å². The van der Waals surface area contributed by atoms with Crippen molar-refractivity contribution in [3.63, 3.8) is 0 Å². The summed E-state index contributed by atoms with van der Waals surface area (Å²) >= 11 is 0. The third kappa shape index (κ3) is 1.86. The summed E-state index contributed by atoms with van der Waals surface area (Å²) in [5.74, 6) is 0.615. The molecule has 0 saturated heterocycles. The van der Waals surface area contributed by atoms with Gasteiger partial charge < -0.3 is 4.74 Å². The van der Waals surface area contributed by atoms with Crippen LogP contribution in [-0.4, -0.2) is 19.5 Å². The molecule has 0 aromatic rings. The Morgan fingerprint density at radius 2 is 2.08 bits per heavy atom. The van der Waals surface area contributed by atoms with Crippen molar-refractivity contribution in [1.82, 2.24) is 0 Å². The van der Waals surface area contributed by atoms with Gasteiger partial charge in [-0.3, -0.25) is 4.79 Å². The number of methoxy groups -OCH3 is 1. The molecule has 1 aliphatic carbocycles. The minimum absolute atomic E-state index is 0.0180. The van der Waals surface area contributed by atoms with Crippen LogP contribution in [0.4, 0.5) is 0 Å². The van der Waals surface area contributed by atoms with Gasteiger partial charge in [0.2, 0.25) is 0 Å². The quantitative estimate of drug-likeness (QED) is 0.631. The van der Waals surface area contributed by atoms with Crippen molar-refractivity contribution in [2.24, 2.45) is 11.3 Å². The normalized spacial score (nSPS) is 19.7. The highest BCUT2D eigenvalue weighted by Gasteiger charge is 2.49. The highest BCUT2D eigenvalue weighted by Crippen LogP contribution is 2.50. The molecule has 1 aliphatic rings. The second kappa shape index (κ2) is 3.56. The molecule has 0 spiro atoms. The van der Waals surface area contributed by atoms with E-state index in [1.54, 1.807) is 7.11 Å². The van der Waals surface area contributed by atoms with Crippen molar-refractivity contribution < 1.29 is 9.53 Å². The third-order valence-electron chi connectivity index (χ3n) is 2.69. The maximum atomic E-state index is 11.7. The largest absolute Gasteiger partial charge is 0.385 e. The molecular weight excluding hydrogens is 152 g/mol. The van der Waals surface area contributed by atoms with Gasteiger partial charge in [-0.25, -0.2) is 0 Å². The van der Waals surface area contributed by atoms with E-state index in [1.807, 2.05) is 13.8 Å². The zero-order chi connectivity index (χ0) is 9.19. The number of rotatable bonds is 5. The van der Waals surface area contributed by atoms with E-state index in [9.17, 15) is 4.79 Å². The molecular formula is C10H18O2. The van der Waals surface area contributed by atoms with Crippen LogP contribution < -0.4 is 0 Å². The van der Waals surface area contributed by atoms with E-state index in [0.29, 0.717) is 5.78 Å². The van der Waals surface area contributed by atoms with Crippen LogP contribution in [0.5, 0.6) is 0 Å². The Morgan fingerprint density at radius 1 is 1.50 bits per heavy atom. The van der Waals surface area contributed by atoms with Crippen LogP contribution in [0.1, 0.15) is 33.1 Å². The van der Waals surface area contributed by atoms with E-state index in [0.717, 1.165) is 25.9 Å². The Labute approximate surface area is 74.3 Å². The van der Waals surface area contributed by atoms with Gasteiger partial charge >= 0.3 is 0 Å². The van der Waals surface area contributed by atoms with E-state index in [4.69, 9.17) is 4.74 Å². The molecule has 70 valence electrons. The summed E-state index contributed by atoms with van der Waals surface area (Å²) in [5.41, 5.74) is 0.0180. The van der Waals surface area contributed by atoms with Crippen LogP contribution in [0.3, 0.4) is 0 Å². The number of ketones is 1. The molecule has 1 fully saturated rings. The molecule has 0 atom stereocenters. The maximum Gasteiger partial charge on any atom is 0.141 e. The second-order valence-corrected chi connectivity index (χ2v) is 4.04. The highest BCUT2D eigenvalue weighted by atomic mass is 16.5. The fourth-order valence-corrected chi connectivity index (χ4v) is 1.68. The lowest BCUT2D eigenvalue weighted by Crippen LogP contribution is -2.22. The van der Waals surface area contributed by atoms with Gasteiger partial charge in [0.25, 0.3) is 0 Å². The van der Waals surface area contributed by atoms with Gasteiger partial charge in [-0.15, -0.1) is 0 Å². The number of ether oxygens (including phenoxy) is 1. The molecule has 0 amide bonds. The lowest BCUT2D eigenvalue weighted by Gasteiger charge is -2.15. The van der Waals surface area contributed by atoms with Gasteiger partial charge in [-0.2, -0.15) is 0 Å². The van der Waals surface area contributed by atoms with Crippen molar-refractivity contribution in [3.05, 3.63) is 0 Å². The zero-order valence-electron chi connectivity index (χ0n) is 8.22. The topological polar surface area (TPSA) is 26.3 Å². The predicted molar refractivity (Wildman–Crippen MR) is 48.0 cm³/mol. The first-order valence-electron chi connectivity index (χ1n) is 4.66. The van der Waals surface area contributed by atoms with Crippen molar-refractivity contribution in [3.8, 4) is 0 Å². The smallest absolute Gasteiger partial charge is 0.141 e. The van der Waals surface area contributed by atoms with E-state index >= 15 is 0 Å². The van der Waals surface area contributed by atoms with Crippen LogP contribution in [-0.2, 0) is 9.53 Å². The summed E-state index contributed by atoms with van der Waals surface area (Å²) in [5, 5.41) is 0. The molecule has 0 N–H and O–H groups in total. The number of Topliss-reactive ketones (excluding diaryl/α,β-unsaturated/α-hetero) is 1. The molecule has 0 unspecified atom stereocenters. The monoisotopic (exact) mass is 170 g/mol. The summed E-state index contributed by atoms with van der Waals surface area (Å²) in [6, 6.07) is 0. The first kappa shape index (κ1) is 9.72. The maximum absolute atomic E-state index is 11.7. The summed E-state index contributed by atoms with van der Waals surface area (Å²) in [6.07, 6.45) is 3.07. The third-order valence-corrected chi connectivity index (χ3v) is 2.69. The second-order valence-electron chi connectivity index (χ2n) is 4.04.